The summed E-state index contributed by atoms with van der Waals surface area (Å²) in [6, 6.07) is 1.27. The fraction of sp³-hybridized carbons (Fsp3) is 0.500. The Kier molecular flexibility index (Phi) is 4.19. The van der Waals surface area contributed by atoms with Gasteiger partial charge < -0.3 is 4.98 Å². The molecule has 0 aliphatic heterocycles. The second-order valence-corrected chi connectivity index (χ2v) is 3.69. The third-order valence-corrected chi connectivity index (χ3v) is 2.20. The first-order valence-electron chi connectivity index (χ1n) is 5.09. The fourth-order valence-corrected chi connectivity index (χ4v) is 1.44. The van der Waals surface area contributed by atoms with Gasteiger partial charge in [-0.05, 0) is 20.0 Å². The van der Waals surface area contributed by atoms with E-state index in [2.05, 4.69) is 4.98 Å². The van der Waals surface area contributed by atoms with Gasteiger partial charge in [0.1, 0.15) is 0 Å². The largest absolute Gasteiger partial charge is 0.353 e. The van der Waals surface area contributed by atoms with Crippen LogP contribution in [0.3, 0.4) is 0 Å². The van der Waals surface area contributed by atoms with Crippen LogP contribution in [0.4, 0.5) is 5.69 Å². The van der Waals surface area contributed by atoms with Crippen molar-refractivity contribution in [2.24, 2.45) is 0 Å². The lowest BCUT2D eigenvalue weighted by Gasteiger charge is -2.13. The molecule has 0 aliphatic rings. The van der Waals surface area contributed by atoms with Gasteiger partial charge in [0.15, 0.2) is 5.78 Å². The van der Waals surface area contributed by atoms with Crippen molar-refractivity contribution in [1.29, 1.82) is 0 Å². The lowest BCUT2D eigenvalue weighted by atomic mass is 10.2. The molecule has 0 aromatic carbocycles. The highest BCUT2D eigenvalue weighted by Gasteiger charge is 2.15. The van der Waals surface area contributed by atoms with Gasteiger partial charge in [0.25, 0.3) is 5.69 Å². The molecular weight excluding hydrogens is 210 g/mol. The molecule has 6 heteroatoms. The molecule has 0 bridgehead atoms. The van der Waals surface area contributed by atoms with Crippen LogP contribution in [-0.2, 0) is 0 Å². The number of aromatic nitrogens is 1. The van der Waals surface area contributed by atoms with Crippen LogP contribution in [0.1, 0.15) is 23.8 Å². The van der Waals surface area contributed by atoms with Crippen LogP contribution in [0, 0.1) is 10.1 Å². The first-order valence-corrected chi connectivity index (χ1v) is 5.09. The Morgan fingerprint density at radius 1 is 1.62 bits per heavy atom. The molecule has 0 spiro atoms. The maximum Gasteiger partial charge on any atom is 0.287 e. The highest BCUT2D eigenvalue weighted by atomic mass is 16.6. The molecule has 0 atom stereocenters. The summed E-state index contributed by atoms with van der Waals surface area (Å²) in [6.07, 6.45) is 2.20. The monoisotopic (exact) mass is 225 g/mol. The Balaban J connectivity index is 2.62. The Morgan fingerprint density at radius 2 is 2.31 bits per heavy atom. The zero-order chi connectivity index (χ0) is 12.1. The van der Waals surface area contributed by atoms with Gasteiger partial charge in [-0.25, -0.2) is 0 Å². The molecule has 0 amide bonds. The summed E-state index contributed by atoms with van der Waals surface area (Å²) >= 11 is 0. The van der Waals surface area contributed by atoms with E-state index in [1.54, 1.807) is 0 Å². The van der Waals surface area contributed by atoms with Crippen molar-refractivity contribution in [3.05, 3.63) is 28.1 Å². The number of rotatable bonds is 6. The van der Waals surface area contributed by atoms with Crippen LogP contribution in [-0.4, -0.2) is 40.7 Å². The van der Waals surface area contributed by atoms with E-state index in [0.717, 1.165) is 13.0 Å². The number of nitrogens with one attached hydrogen (secondary N) is 1. The van der Waals surface area contributed by atoms with Gasteiger partial charge in [0, 0.05) is 6.07 Å². The van der Waals surface area contributed by atoms with Crippen molar-refractivity contribution < 1.29 is 9.72 Å². The average Bonchev–Trinajstić information content (AvgIpc) is 2.66. The van der Waals surface area contributed by atoms with Gasteiger partial charge in [-0.15, -0.1) is 0 Å². The number of carbonyl (C=O) groups is 1. The van der Waals surface area contributed by atoms with Gasteiger partial charge in [0.2, 0.25) is 0 Å². The average molecular weight is 225 g/mol. The Hall–Kier alpha value is -1.69. The smallest absolute Gasteiger partial charge is 0.287 e. The lowest BCUT2D eigenvalue weighted by molar-refractivity contribution is -0.384. The molecule has 1 rings (SSSR count). The van der Waals surface area contributed by atoms with Crippen molar-refractivity contribution in [3.63, 3.8) is 0 Å². The first kappa shape index (κ1) is 12.4. The summed E-state index contributed by atoms with van der Waals surface area (Å²) in [6.45, 7) is 3.13. The predicted molar refractivity (Wildman–Crippen MR) is 59.6 cm³/mol. The molecular formula is C10H15N3O3. The third kappa shape index (κ3) is 3.16. The van der Waals surface area contributed by atoms with Crippen molar-refractivity contribution >= 4 is 11.5 Å². The van der Waals surface area contributed by atoms with E-state index in [-0.39, 0.29) is 23.7 Å². The molecule has 1 aromatic rings. The molecule has 16 heavy (non-hydrogen) atoms. The highest BCUT2D eigenvalue weighted by Crippen LogP contribution is 2.12. The molecule has 1 heterocycles. The molecule has 0 unspecified atom stereocenters. The fourth-order valence-electron chi connectivity index (χ4n) is 1.44. The normalized spacial score (nSPS) is 10.7. The molecule has 6 nitrogen and oxygen atoms in total. The number of nitrogens with zero attached hydrogens (tertiary/aromatic N) is 2. The summed E-state index contributed by atoms with van der Waals surface area (Å²) in [7, 11) is 1.85. The Morgan fingerprint density at radius 3 is 2.81 bits per heavy atom. The van der Waals surface area contributed by atoms with E-state index >= 15 is 0 Å². The van der Waals surface area contributed by atoms with Crippen molar-refractivity contribution in [3.8, 4) is 0 Å². The van der Waals surface area contributed by atoms with Crippen molar-refractivity contribution in [2.75, 3.05) is 20.1 Å². The molecule has 1 N–H and O–H groups in total. The maximum atomic E-state index is 11.7. The quantitative estimate of drug-likeness (QED) is 0.451. The summed E-state index contributed by atoms with van der Waals surface area (Å²) in [5.74, 6) is -0.135. The number of aromatic amines is 1. The number of nitro groups is 1. The van der Waals surface area contributed by atoms with Crippen LogP contribution in [0.5, 0.6) is 0 Å². The Bertz CT molecular complexity index is 386. The third-order valence-electron chi connectivity index (χ3n) is 2.20. The van der Waals surface area contributed by atoms with Crippen molar-refractivity contribution in [2.45, 2.75) is 13.3 Å². The zero-order valence-corrected chi connectivity index (χ0v) is 9.40. The summed E-state index contributed by atoms with van der Waals surface area (Å²) in [5.41, 5.74) is 0.205. The van der Waals surface area contributed by atoms with E-state index in [9.17, 15) is 14.9 Å². The minimum atomic E-state index is -0.525. The number of H-pyrrole nitrogens is 1. The minimum Gasteiger partial charge on any atom is -0.353 e. The predicted octanol–water partition coefficient (Wildman–Crippen LogP) is 1.45. The summed E-state index contributed by atoms with van der Waals surface area (Å²) in [4.78, 5) is 26.1. The van der Waals surface area contributed by atoms with Gasteiger partial charge in [0.05, 0.1) is 23.4 Å². The molecule has 0 fully saturated rings. The van der Waals surface area contributed by atoms with Crippen LogP contribution < -0.4 is 0 Å². The Labute approximate surface area is 93.4 Å². The van der Waals surface area contributed by atoms with Gasteiger partial charge in [-0.1, -0.05) is 6.92 Å². The topological polar surface area (TPSA) is 79.2 Å². The molecule has 0 radical (unpaired) electrons. The highest BCUT2D eigenvalue weighted by molar-refractivity contribution is 5.96. The zero-order valence-electron chi connectivity index (χ0n) is 9.40. The van der Waals surface area contributed by atoms with Crippen LogP contribution in [0.15, 0.2) is 12.3 Å². The van der Waals surface area contributed by atoms with Crippen LogP contribution in [0.25, 0.3) is 0 Å². The van der Waals surface area contributed by atoms with Gasteiger partial charge in [-0.3, -0.25) is 19.8 Å². The van der Waals surface area contributed by atoms with E-state index < -0.39 is 4.92 Å². The second-order valence-electron chi connectivity index (χ2n) is 3.69. The number of likely N-dealkylation sites (N-methyl/N-ethyl adjacent to an activating group) is 1. The summed E-state index contributed by atoms with van der Waals surface area (Å²) in [5, 5.41) is 10.4. The second kappa shape index (κ2) is 5.41. The number of Topliss-reactive ketones (excluding diaryl/α,β-unsaturated/α-hetero) is 1. The minimum absolute atomic E-state index is 0.0819. The standard InChI is InChI=1S/C10H15N3O3/c1-3-4-12(2)7-10(14)9-5-8(6-11-9)13(15)16/h5-6,11H,3-4,7H2,1-2H3. The van der Waals surface area contributed by atoms with E-state index in [1.165, 1.54) is 12.3 Å². The lowest BCUT2D eigenvalue weighted by Crippen LogP contribution is -2.26. The van der Waals surface area contributed by atoms with Crippen molar-refractivity contribution in [1.82, 2.24) is 9.88 Å². The first-order chi connectivity index (χ1) is 7.54. The van der Waals surface area contributed by atoms with Crippen LogP contribution in [0.2, 0.25) is 0 Å². The summed E-state index contributed by atoms with van der Waals surface area (Å²) < 4.78 is 0. The number of carbonyl (C=O) groups excluding carboxylic acids is 1. The van der Waals surface area contributed by atoms with E-state index in [4.69, 9.17) is 0 Å². The SMILES string of the molecule is CCCN(C)CC(=O)c1cc([N+](=O)[O-])c[nH]1. The number of hydrogen-bond donors (Lipinski definition) is 1. The maximum absolute atomic E-state index is 11.7. The molecule has 0 saturated carbocycles. The van der Waals surface area contributed by atoms with Crippen LogP contribution >= 0.6 is 0 Å². The molecule has 0 aliphatic carbocycles. The van der Waals surface area contributed by atoms with Gasteiger partial charge >= 0.3 is 0 Å². The molecule has 0 saturated heterocycles. The number of ketones is 1. The van der Waals surface area contributed by atoms with E-state index in [0.29, 0.717) is 0 Å². The van der Waals surface area contributed by atoms with Gasteiger partial charge in [-0.2, -0.15) is 0 Å². The number of hydrogen-bond acceptors (Lipinski definition) is 4. The molecule has 88 valence electrons. The van der Waals surface area contributed by atoms with E-state index in [1.807, 2.05) is 18.9 Å². The molecule has 1 aromatic heterocycles.